The van der Waals surface area contributed by atoms with E-state index in [0.717, 1.165) is 19.3 Å². The minimum absolute atomic E-state index is 0.0423. The molecule has 98 valence electrons. The van der Waals surface area contributed by atoms with Gasteiger partial charge in [0.25, 0.3) is 0 Å². The van der Waals surface area contributed by atoms with Gasteiger partial charge in [-0.05, 0) is 24.5 Å². The molecule has 18 heavy (non-hydrogen) atoms. The van der Waals surface area contributed by atoms with E-state index in [0.29, 0.717) is 12.2 Å². The van der Waals surface area contributed by atoms with E-state index in [-0.39, 0.29) is 24.4 Å². The Morgan fingerprint density at radius 1 is 1.44 bits per heavy atom. The molecule has 1 aromatic rings. The number of halogens is 1. The molecule has 1 N–H and O–H groups in total. The zero-order valence-electron chi connectivity index (χ0n) is 10.0. The molecular weight excluding hydrogens is 237 g/mol. The molecular formula is C13H16FNO3. The highest BCUT2D eigenvalue weighted by Gasteiger charge is 2.16. The zero-order chi connectivity index (χ0) is 12.8. The third-order valence-corrected chi connectivity index (χ3v) is 2.75. The molecule has 1 amide bonds. The average Bonchev–Trinajstić information content (AvgIpc) is 2.40. The fraction of sp³-hybridized carbons (Fsp3) is 0.462. The molecule has 5 heteroatoms. The van der Waals surface area contributed by atoms with Crippen LogP contribution in [0.1, 0.15) is 24.8 Å². The Morgan fingerprint density at radius 3 is 3.00 bits per heavy atom. The first-order valence-electron chi connectivity index (χ1n) is 6.05. The number of hydrogen-bond acceptors (Lipinski definition) is 3. The van der Waals surface area contributed by atoms with Crippen LogP contribution in [0, 0.1) is 5.82 Å². The zero-order valence-corrected chi connectivity index (χ0v) is 10.0. The average molecular weight is 253 g/mol. The Balaban J connectivity index is 1.76. The van der Waals surface area contributed by atoms with Gasteiger partial charge in [0.15, 0.2) is 6.29 Å². The third-order valence-electron chi connectivity index (χ3n) is 2.75. The van der Waals surface area contributed by atoms with E-state index in [9.17, 15) is 9.18 Å². The monoisotopic (exact) mass is 253 g/mol. The van der Waals surface area contributed by atoms with Crippen LogP contribution >= 0.6 is 0 Å². The largest absolute Gasteiger partial charge is 0.350 e. The van der Waals surface area contributed by atoms with Crippen LogP contribution in [0.2, 0.25) is 0 Å². The van der Waals surface area contributed by atoms with Crippen LogP contribution in [0.15, 0.2) is 24.3 Å². The van der Waals surface area contributed by atoms with E-state index in [1.54, 1.807) is 18.2 Å². The van der Waals surface area contributed by atoms with Crippen LogP contribution in [0.3, 0.4) is 0 Å². The highest BCUT2D eigenvalue weighted by atomic mass is 19.1. The van der Waals surface area contributed by atoms with E-state index in [1.165, 1.54) is 6.07 Å². The number of ether oxygens (including phenoxy) is 1. The minimum atomic E-state index is -0.387. The smallest absolute Gasteiger partial charge is 0.248 e. The van der Waals surface area contributed by atoms with Gasteiger partial charge in [-0.15, -0.1) is 0 Å². The second-order valence-corrected chi connectivity index (χ2v) is 4.21. The van der Waals surface area contributed by atoms with Crippen LogP contribution in [0.5, 0.6) is 0 Å². The molecule has 0 saturated carbocycles. The summed E-state index contributed by atoms with van der Waals surface area (Å²) >= 11 is 0. The summed E-state index contributed by atoms with van der Waals surface area (Å²) < 4.78 is 18.6. The predicted molar refractivity (Wildman–Crippen MR) is 62.9 cm³/mol. The summed E-state index contributed by atoms with van der Waals surface area (Å²) in [5, 5.41) is 0. The Kier molecular flexibility index (Phi) is 4.66. The van der Waals surface area contributed by atoms with Crippen molar-refractivity contribution < 1.29 is 18.8 Å². The van der Waals surface area contributed by atoms with Gasteiger partial charge >= 0.3 is 0 Å². The molecule has 0 radical (unpaired) electrons. The maximum Gasteiger partial charge on any atom is 0.248 e. The summed E-state index contributed by atoms with van der Waals surface area (Å²) in [5.41, 5.74) is 2.65. The Bertz CT molecular complexity index is 405. The minimum Gasteiger partial charge on any atom is -0.350 e. The molecule has 1 saturated heterocycles. The lowest BCUT2D eigenvalue weighted by Crippen LogP contribution is -2.34. The second kappa shape index (κ2) is 6.47. The van der Waals surface area contributed by atoms with Crippen molar-refractivity contribution >= 4 is 5.91 Å². The maximum atomic E-state index is 13.3. The van der Waals surface area contributed by atoms with Gasteiger partial charge < -0.3 is 4.74 Å². The van der Waals surface area contributed by atoms with Crippen LogP contribution in [-0.2, 0) is 20.8 Å². The first kappa shape index (κ1) is 13.0. The number of carbonyl (C=O) groups is 1. The van der Waals surface area contributed by atoms with E-state index >= 15 is 0 Å². The number of hydroxylamine groups is 1. The SMILES string of the molecule is O=C(Cc1ccccc1F)NOC1CCCCO1. The van der Waals surface area contributed by atoms with Crippen molar-refractivity contribution in [3.05, 3.63) is 35.6 Å². The first-order chi connectivity index (χ1) is 8.75. The first-order valence-corrected chi connectivity index (χ1v) is 6.05. The molecule has 2 rings (SSSR count). The van der Waals surface area contributed by atoms with Crippen LogP contribution in [0.4, 0.5) is 4.39 Å². The van der Waals surface area contributed by atoms with Crippen molar-refractivity contribution in [3.8, 4) is 0 Å². The number of benzene rings is 1. The number of carbonyl (C=O) groups excluding carboxylic acids is 1. The molecule has 1 aliphatic heterocycles. The fourth-order valence-corrected chi connectivity index (χ4v) is 1.79. The molecule has 0 aliphatic carbocycles. The third kappa shape index (κ3) is 3.78. The fourth-order valence-electron chi connectivity index (χ4n) is 1.79. The standard InChI is InChI=1S/C13H16FNO3/c14-11-6-2-1-5-10(11)9-12(16)15-18-13-7-3-4-8-17-13/h1-2,5-6,13H,3-4,7-9H2,(H,15,16). The van der Waals surface area contributed by atoms with Crippen LogP contribution in [0.25, 0.3) is 0 Å². The lowest BCUT2D eigenvalue weighted by atomic mass is 10.1. The van der Waals surface area contributed by atoms with Gasteiger partial charge in [-0.2, -0.15) is 0 Å². The molecule has 1 atom stereocenters. The Hall–Kier alpha value is -1.46. The summed E-state index contributed by atoms with van der Waals surface area (Å²) in [6, 6.07) is 6.18. The quantitative estimate of drug-likeness (QED) is 0.834. The molecule has 1 aromatic carbocycles. The van der Waals surface area contributed by atoms with Crippen LogP contribution < -0.4 is 5.48 Å². The Labute approximate surface area is 105 Å². The molecule has 1 fully saturated rings. The summed E-state index contributed by atoms with van der Waals surface area (Å²) in [7, 11) is 0. The summed E-state index contributed by atoms with van der Waals surface area (Å²) in [6.07, 6.45) is 2.37. The predicted octanol–water partition coefficient (Wildman–Crippen LogP) is 1.94. The second-order valence-electron chi connectivity index (χ2n) is 4.21. The van der Waals surface area contributed by atoms with Gasteiger partial charge in [-0.25, -0.2) is 14.7 Å². The molecule has 0 aromatic heterocycles. The van der Waals surface area contributed by atoms with Crippen LogP contribution in [-0.4, -0.2) is 18.8 Å². The van der Waals surface area contributed by atoms with Gasteiger partial charge in [-0.1, -0.05) is 18.2 Å². The normalized spacial score (nSPS) is 19.5. The molecule has 0 spiro atoms. The Morgan fingerprint density at radius 2 is 2.28 bits per heavy atom. The number of hydrogen-bond donors (Lipinski definition) is 1. The van der Waals surface area contributed by atoms with Crippen molar-refractivity contribution in [1.29, 1.82) is 0 Å². The van der Waals surface area contributed by atoms with Crippen molar-refractivity contribution in [2.45, 2.75) is 32.0 Å². The number of nitrogens with one attached hydrogen (secondary N) is 1. The molecule has 4 nitrogen and oxygen atoms in total. The summed E-state index contributed by atoms with van der Waals surface area (Å²) in [6.45, 7) is 0.647. The number of rotatable bonds is 4. The van der Waals surface area contributed by atoms with Crippen molar-refractivity contribution in [3.63, 3.8) is 0 Å². The summed E-state index contributed by atoms with van der Waals surface area (Å²) in [5.74, 6) is -0.768. The lowest BCUT2D eigenvalue weighted by molar-refractivity contribution is -0.200. The molecule has 1 heterocycles. The van der Waals surface area contributed by atoms with Crippen molar-refractivity contribution in [2.24, 2.45) is 0 Å². The number of amides is 1. The van der Waals surface area contributed by atoms with E-state index in [1.807, 2.05) is 0 Å². The van der Waals surface area contributed by atoms with Crippen molar-refractivity contribution in [1.82, 2.24) is 5.48 Å². The lowest BCUT2D eigenvalue weighted by Gasteiger charge is -2.22. The molecule has 1 unspecified atom stereocenters. The van der Waals surface area contributed by atoms with Gasteiger partial charge in [0.05, 0.1) is 6.42 Å². The molecule has 1 aliphatic rings. The van der Waals surface area contributed by atoms with Gasteiger partial charge in [-0.3, -0.25) is 4.79 Å². The topological polar surface area (TPSA) is 47.6 Å². The van der Waals surface area contributed by atoms with E-state index in [2.05, 4.69) is 5.48 Å². The van der Waals surface area contributed by atoms with Crippen molar-refractivity contribution in [2.75, 3.05) is 6.61 Å². The van der Waals surface area contributed by atoms with Gasteiger partial charge in [0.1, 0.15) is 5.82 Å². The van der Waals surface area contributed by atoms with E-state index in [4.69, 9.17) is 9.57 Å². The van der Waals surface area contributed by atoms with Gasteiger partial charge in [0.2, 0.25) is 5.91 Å². The van der Waals surface area contributed by atoms with Gasteiger partial charge in [0, 0.05) is 13.0 Å². The van der Waals surface area contributed by atoms with E-state index < -0.39 is 0 Å². The maximum absolute atomic E-state index is 13.3. The molecule has 0 bridgehead atoms. The summed E-state index contributed by atoms with van der Waals surface area (Å²) in [4.78, 5) is 16.7. The highest BCUT2D eigenvalue weighted by molar-refractivity contribution is 5.77. The highest BCUT2D eigenvalue weighted by Crippen LogP contribution is 2.12.